The lowest BCUT2D eigenvalue weighted by Gasteiger charge is -2.15. The lowest BCUT2D eigenvalue weighted by molar-refractivity contribution is -0.120. The van der Waals surface area contributed by atoms with Crippen LogP contribution in [0.3, 0.4) is 0 Å². The first-order valence-electron chi connectivity index (χ1n) is 8.97. The van der Waals surface area contributed by atoms with E-state index in [1.807, 2.05) is 53.2 Å². The molecule has 0 radical (unpaired) electrons. The molecule has 132 valence electrons. The van der Waals surface area contributed by atoms with Gasteiger partial charge in [0.05, 0.1) is 11.4 Å². The molecule has 2 aromatic carbocycles. The first-order chi connectivity index (χ1) is 12.7. The average Bonchev–Trinajstić information content (AvgIpc) is 3.27. The second kappa shape index (κ2) is 7.14. The van der Waals surface area contributed by atoms with Gasteiger partial charge in [0.2, 0.25) is 5.91 Å². The second-order valence-electron chi connectivity index (χ2n) is 6.60. The van der Waals surface area contributed by atoms with Gasteiger partial charge in [0.1, 0.15) is 6.04 Å². The van der Waals surface area contributed by atoms with Crippen molar-refractivity contribution in [3.63, 3.8) is 0 Å². The first kappa shape index (κ1) is 16.5. The number of benzene rings is 2. The highest BCUT2D eigenvalue weighted by Crippen LogP contribution is 2.28. The number of amides is 1. The third-order valence-corrected chi connectivity index (χ3v) is 4.91. The minimum Gasteiger partial charge on any atom is -0.368 e. The number of hydrogen-bond acceptors (Lipinski definition) is 3. The molecule has 0 saturated carbocycles. The summed E-state index contributed by atoms with van der Waals surface area (Å²) in [4.78, 5) is 11.9. The Kier molecular flexibility index (Phi) is 4.54. The average molecular weight is 346 g/mol. The van der Waals surface area contributed by atoms with E-state index in [-0.39, 0.29) is 5.91 Å². The number of aromatic nitrogens is 2. The van der Waals surface area contributed by atoms with Gasteiger partial charge in [-0.2, -0.15) is 5.10 Å². The number of fused-ring (bicyclic) bond motifs is 1. The molecule has 0 fully saturated rings. The fraction of sp³-hybridized carbons (Fsp3) is 0.238. The zero-order chi connectivity index (χ0) is 17.9. The number of nitrogens with zero attached hydrogens (tertiary/aromatic N) is 2. The highest BCUT2D eigenvalue weighted by molar-refractivity contribution is 5.81. The maximum absolute atomic E-state index is 11.9. The fourth-order valence-electron chi connectivity index (χ4n) is 3.67. The van der Waals surface area contributed by atoms with Crippen molar-refractivity contribution in [2.75, 3.05) is 0 Å². The number of para-hydroxylation sites is 1. The summed E-state index contributed by atoms with van der Waals surface area (Å²) in [7, 11) is 0. The van der Waals surface area contributed by atoms with Gasteiger partial charge in [-0.15, -0.1) is 0 Å². The van der Waals surface area contributed by atoms with E-state index >= 15 is 0 Å². The third kappa shape index (κ3) is 3.13. The molecule has 5 nitrogen and oxygen atoms in total. The van der Waals surface area contributed by atoms with Crippen molar-refractivity contribution >= 4 is 5.91 Å². The van der Waals surface area contributed by atoms with Crippen LogP contribution in [0.25, 0.3) is 5.69 Å². The molecule has 3 N–H and O–H groups in total. The van der Waals surface area contributed by atoms with Crippen LogP contribution >= 0.6 is 0 Å². The molecule has 0 unspecified atom stereocenters. The molecule has 0 spiro atoms. The monoisotopic (exact) mass is 346 g/mol. The Morgan fingerprint density at radius 3 is 2.46 bits per heavy atom. The van der Waals surface area contributed by atoms with Crippen LogP contribution in [0.5, 0.6) is 0 Å². The Bertz CT molecular complexity index is 903. The standard InChI is InChI=1S/C21H22N4O/c22-21(26)20(15-8-3-1-4-9-15)23-14-18-17-12-7-13-19(17)25(24-18)16-10-5-2-6-11-16/h1-6,8-11,20,23H,7,12-14H2,(H2,22,26)/t20-/m0/s1. The number of rotatable bonds is 6. The van der Waals surface area contributed by atoms with Crippen LogP contribution in [0, 0.1) is 0 Å². The van der Waals surface area contributed by atoms with E-state index in [9.17, 15) is 4.79 Å². The maximum atomic E-state index is 11.9. The molecule has 0 saturated heterocycles. The van der Waals surface area contributed by atoms with Gasteiger partial charge < -0.3 is 5.73 Å². The van der Waals surface area contributed by atoms with Crippen LogP contribution < -0.4 is 11.1 Å². The van der Waals surface area contributed by atoms with Crippen LogP contribution in [-0.2, 0) is 24.2 Å². The van der Waals surface area contributed by atoms with E-state index in [1.54, 1.807) is 0 Å². The predicted octanol–water partition coefficient (Wildman–Crippen LogP) is 2.68. The van der Waals surface area contributed by atoms with Crippen LogP contribution in [0.15, 0.2) is 60.7 Å². The number of primary amides is 1. The summed E-state index contributed by atoms with van der Waals surface area (Å²) in [6.45, 7) is 0.519. The van der Waals surface area contributed by atoms with Gasteiger partial charge in [0, 0.05) is 12.2 Å². The van der Waals surface area contributed by atoms with Crippen LogP contribution in [0.1, 0.15) is 35.0 Å². The molecule has 1 aliphatic carbocycles. The van der Waals surface area contributed by atoms with Crippen molar-refractivity contribution < 1.29 is 4.79 Å². The SMILES string of the molecule is NC(=O)[C@@H](NCc1nn(-c2ccccc2)c2c1CCC2)c1ccccc1. The quantitative estimate of drug-likeness (QED) is 0.721. The first-order valence-corrected chi connectivity index (χ1v) is 8.97. The molecule has 1 heterocycles. The number of nitrogens with two attached hydrogens (primary N) is 1. The molecule has 4 rings (SSSR count). The molecule has 1 aromatic heterocycles. The highest BCUT2D eigenvalue weighted by atomic mass is 16.1. The zero-order valence-electron chi connectivity index (χ0n) is 14.6. The molecule has 1 aliphatic rings. The van der Waals surface area contributed by atoms with E-state index in [0.29, 0.717) is 6.54 Å². The molecule has 5 heteroatoms. The third-order valence-electron chi connectivity index (χ3n) is 4.91. The smallest absolute Gasteiger partial charge is 0.239 e. The van der Waals surface area contributed by atoms with Crippen molar-refractivity contribution in [1.82, 2.24) is 15.1 Å². The van der Waals surface area contributed by atoms with Gasteiger partial charge >= 0.3 is 0 Å². The minimum atomic E-state index is -0.518. The highest BCUT2D eigenvalue weighted by Gasteiger charge is 2.24. The van der Waals surface area contributed by atoms with Gasteiger partial charge in [-0.3, -0.25) is 10.1 Å². The normalized spacial score (nSPS) is 14.2. The maximum Gasteiger partial charge on any atom is 0.239 e. The van der Waals surface area contributed by atoms with Crippen molar-refractivity contribution in [1.29, 1.82) is 0 Å². The number of carbonyl (C=O) groups is 1. The molecule has 0 aliphatic heterocycles. The summed E-state index contributed by atoms with van der Waals surface area (Å²) < 4.78 is 2.04. The minimum absolute atomic E-state index is 0.379. The molecular weight excluding hydrogens is 324 g/mol. The Morgan fingerprint density at radius 2 is 1.77 bits per heavy atom. The Hall–Kier alpha value is -2.92. The molecule has 26 heavy (non-hydrogen) atoms. The lowest BCUT2D eigenvalue weighted by Crippen LogP contribution is -2.33. The number of hydrogen-bond donors (Lipinski definition) is 2. The van der Waals surface area contributed by atoms with Crippen molar-refractivity contribution in [3.8, 4) is 5.69 Å². The lowest BCUT2D eigenvalue weighted by atomic mass is 10.1. The Labute approximate surface area is 152 Å². The van der Waals surface area contributed by atoms with E-state index in [0.717, 1.165) is 36.2 Å². The summed E-state index contributed by atoms with van der Waals surface area (Å²) in [6.07, 6.45) is 3.21. The van der Waals surface area contributed by atoms with Crippen molar-refractivity contribution in [2.45, 2.75) is 31.8 Å². The van der Waals surface area contributed by atoms with E-state index < -0.39 is 6.04 Å². The number of carbonyl (C=O) groups excluding carboxylic acids is 1. The van der Waals surface area contributed by atoms with Crippen LogP contribution in [0.4, 0.5) is 0 Å². The molecule has 0 bridgehead atoms. The van der Waals surface area contributed by atoms with Crippen LogP contribution in [-0.4, -0.2) is 15.7 Å². The predicted molar refractivity (Wildman–Crippen MR) is 101 cm³/mol. The van der Waals surface area contributed by atoms with Crippen molar-refractivity contribution in [2.24, 2.45) is 5.73 Å². The summed E-state index contributed by atoms with van der Waals surface area (Å²) in [6, 6.07) is 19.2. The van der Waals surface area contributed by atoms with E-state index in [1.165, 1.54) is 11.3 Å². The van der Waals surface area contributed by atoms with Crippen molar-refractivity contribution in [3.05, 3.63) is 83.2 Å². The van der Waals surface area contributed by atoms with Gasteiger partial charge in [0.25, 0.3) is 0 Å². The van der Waals surface area contributed by atoms with Gasteiger partial charge in [0.15, 0.2) is 0 Å². The summed E-state index contributed by atoms with van der Waals surface area (Å²) in [5.74, 6) is -0.379. The molecule has 3 aromatic rings. The van der Waals surface area contributed by atoms with Gasteiger partial charge in [-0.25, -0.2) is 4.68 Å². The number of nitrogens with one attached hydrogen (secondary N) is 1. The summed E-state index contributed by atoms with van der Waals surface area (Å²) >= 11 is 0. The molecule has 1 atom stereocenters. The summed E-state index contributed by atoms with van der Waals surface area (Å²) in [5, 5.41) is 8.12. The van der Waals surface area contributed by atoms with Gasteiger partial charge in [-0.1, -0.05) is 48.5 Å². The largest absolute Gasteiger partial charge is 0.368 e. The van der Waals surface area contributed by atoms with Gasteiger partial charge in [-0.05, 0) is 42.5 Å². The second-order valence-corrected chi connectivity index (χ2v) is 6.60. The molecular formula is C21H22N4O. The molecule has 1 amide bonds. The zero-order valence-corrected chi connectivity index (χ0v) is 14.6. The summed E-state index contributed by atoms with van der Waals surface area (Å²) in [5.41, 5.74) is 11.2. The van der Waals surface area contributed by atoms with E-state index in [4.69, 9.17) is 10.8 Å². The Balaban J connectivity index is 1.60. The Morgan fingerprint density at radius 1 is 1.08 bits per heavy atom. The van der Waals surface area contributed by atoms with E-state index in [2.05, 4.69) is 17.4 Å². The van der Waals surface area contributed by atoms with Crippen LogP contribution in [0.2, 0.25) is 0 Å². The topological polar surface area (TPSA) is 72.9 Å². The fourth-order valence-corrected chi connectivity index (χ4v) is 3.67.